The number of phenolic OH excluding ortho intramolecular Hbond substituents is 1. The summed E-state index contributed by atoms with van der Waals surface area (Å²) in [5.74, 6) is -0.106. The predicted octanol–water partition coefficient (Wildman–Crippen LogP) is 1.81. The van der Waals surface area contributed by atoms with Gasteiger partial charge in [-0.05, 0) is 12.1 Å². The van der Waals surface area contributed by atoms with Crippen LogP contribution < -0.4 is 4.90 Å². The van der Waals surface area contributed by atoms with E-state index in [9.17, 15) is 15.3 Å². The number of nitrogens with one attached hydrogen (secondary N) is 1. The Labute approximate surface area is 102 Å². The number of aliphatic imine (C=N–C) groups is 1. The maximum Gasteiger partial charge on any atom is 0.215 e. The van der Waals surface area contributed by atoms with E-state index in [0.717, 1.165) is 0 Å². The highest BCUT2D eigenvalue weighted by Crippen LogP contribution is 2.37. The molecule has 0 saturated carbocycles. The van der Waals surface area contributed by atoms with E-state index in [4.69, 9.17) is 0 Å². The van der Waals surface area contributed by atoms with Crippen LogP contribution >= 0.6 is 0 Å². The van der Waals surface area contributed by atoms with E-state index in [1.54, 1.807) is 29.4 Å². The predicted molar refractivity (Wildman–Crippen MR) is 66.6 cm³/mol. The zero-order valence-electron chi connectivity index (χ0n) is 9.33. The number of phenols is 1. The van der Waals surface area contributed by atoms with Gasteiger partial charge in [0.25, 0.3) is 0 Å². The normalized spacial score (nSPS) is 13.7. The van der Waals surface area contributed by atoms with Crippen molar-refractivity contribution in [2.24, 2.45) is 4.99 Å². The molecule has 1 aromatic heterocycles. The Kier molecular flexibility index (Phi) is 2.16. The molecule has 3 rings (SSSR count). The molecule has 6 heteroatoms. The maximum atomic E-state index is 9.78. The zero-order valence-corrected chi connectivity index (χ0v) is 9.33. The van der Waals surface area contributed by atoms with Crippen LogP contribution in [0.1, 0.15) is 5.56 Å². The molecule has 1 aliphatic heterocycles. The van der Waals surface area contributed by atoms with Gasteiger partial charge in [0.05, 0.1) is 18.6 Å². The third kappa shape index (κ3) is 1.55. The number of benzene rings is 1. The average Bonchev–Trinajstić information content (AvgIpc) is 2.69. The van der Waals surface area contributed by atoms with Crippen LogP contribution in [-0.4, -0.2) is 26.6 Å². The van der Waals surface area contributed by atoms with Gasteiger partial charge in [0.1, 0.15) is 11.4 Å². The van der Waals surface area contributed by atoms with Gasteiger partial charge in [-0.15, -0.1) is 0 Å². The van der Waals surface area contributed by atoms with Crippen molar-refractivity contribution in [2.75, 3.05) is 4.90 Å². The van der Waals surface area contributed by atoms with Crippen LogP contribution in [0.25, 0.3) is 0 Å². The Bertz CT molecular complexity index is 633. The first-order valence-corrected chi connectivity index (χ1v) is 5.38. The van der Waals surface area contributed by atoms with Crippen LogP contribution in [0.2, 0.25) is 0 Å². The standard InChI is InChI=1S/C12H11N3O3/c16-10-3-1-2-8-7(10)5-15(6-13-8)9-4-11(17)14-12(9)18/h1-4,6,14,16-18H,5H2. The van der Waals surface area contributed by atoms with Gasteiger partial charge in [-0.3, -0.25) is 4.98 Å². The molecule has 2 heterocycles. The minimum atomic E-state index is -0.141. The molecule has 18 heavy (non-hydrogen) atoms. The number of aromatic nitrogens is 1. The van der Waals surface area contributed by atoms with Crippen molar-refractivity contribution in [3.8, 4) is 17.5 Å². The molecule has 0 atom stereocenters. The summed E-state index contributed by atoms with van der Waals surface area (Å²) in [5, 5.41) is 28.7. The molecule has 1 aliphatic rings. The summed E-state index contributed by atoms with van der Waals surface area (Å²) in [4.78, 5) is 8.22. The van der Waals surface area contributed by atoms with Gasteiger partial charge in [0, 0.05) is 11.6 Å². The summed E-state index contributed by atoms with van der Waals surface area (Å²) >= 11 is 0. The Morgan fingerprint density at radius 3 is 2.78 bits per heavy atom. The molecule has 4 N–H and O–H groups in total. The van der Waals surface area contributed by atoms with E-state index in [1.807, 2.05) is 0 Å². The number of nitrogens with zero attached hydrogens (tertiary/aromatic N) is 2. The fourth-order valence-electron chi connectivity index (χ4n) is 1.97. The monoisotopic (exact) mass is 245 g/mol. The molecule has 0 radical (unpaired) electrons. The summed E-state index contributed by atoms with van der Waals surface area (Å²) in [6.07, 6.45) is 1.55. The van der Waals surface area contributed by atoms with Gasteiger partial charge in [-0.2, -0.15) is 0 Å². The van der Waals surface area contributed by atoms with E-state index in [-0.39, 0.29) is 17.5 Å². The molecule has 1 aromatic carbocycles. The van der Waals surface area contributed by atoms with Crippen LogP contribution in [0.4, 0.5) is 11.4 Å². The van der Waals surface area contributed by atoms with E-state index >= 15 is 0 Å². The molecule has 0 fully saturated rings. The van der Waals surface area contributed by atoms with Crippen LogP contribution in [-0.2, 0) is 6.54 Å². The lowest BCUT2D eigenvalue weighted by Crippen LogP contribution is -2.22. The highest BCUT2D eigenvalue weighted by molar-refractivity contribution is 5.86. The molecule has 6 nitrogen and oxygen atoms in total. The first-order chi connectivity index (χ1) is 8.65. The quantitative estimate of drug-likeness (QED) is 0.616. The van der Waals surface area contributed by atoms with Crippen LogP contribution in [0.3, 0.4) is 0 Å². The number of aromatic amines is 1. The van der Waals surface area contributed by atoms with Gasteiger partial charge in [-0.25, -0.2) is 4.99 Å². The van der Waals surface area contributed by atoms with Gasteiger partial charge >= 0.3 is 0 Å². The zero-order chi connectivity index (χ0) is 12.7. The van der Waals surface area contributed by atoms with E-state index in [1.165, 1.54) is 6.07 Å². The van der Waals surface area contributed by atoms with Crippen molar-refractivity contribution in [3.63, 3.8) is 0 Å². The number of H-pyrrole nitrogens is 1. The summed E-state index contributed by atoms with van der Waals surface area (Å²) in [5.41, 5.74) is 1.79. The minimum absolute atomic E-state index is 0.126. The first-order valence-electron chi connectivity index (χ1n) is 5.38. The molecule has 92 valence electrons. The molecule has 0 unspecified atom stereocenters. The SMILES string of the molecule is Oc1cc(N2C=Nc3cccc(O)c3C2)c(O)[nH]1. The van der Waals surface area contributed by atoms with Gasteiger partial charge < -0.3 is 20.2 Å². The number of aromatic hydroxyl groups is 3. The van der Waals surface area contributed by atoms with Crippen molar-refractivity contribution in [3.05, 3.63) is 29.8 Å². The number of hydrogen-bond donors (Lipinski definition) is 4. The smallest absolute Gasteiger partial charge is 0.215 e. The fraction of sp³-hybridized carbons (Fsp3) is 0.0833. The molecule has 0 saturated heterocycles. The lowest BCUT2D eigenvalue weighted by molar-refractivity contribution is 0.425. The van der Waals surface area contributed by atoms with E-state index in [2.05, 4.69) is 9.98 Å². The third-order valence-electron chi connectivity index (χ3n) is 2.86. The van der Waals surface area contributed by atoms with Crippen molar-refractivity contribution >= 4 is 17.7 Å². The third-order valence-corrected chi connectivity index (χ3v) is 2.86. The summed E-state index contributed by atoms with van der Waals surface area (Å²) in [6.45, 7) is 0.371. The highest BCUT2D eigenvalue weighted by Gasteiger charge is 2.20. The van der Waals surface area contributed by atoms with E-state index in [0.29, 0.717) is 23.5 Å². The minimum Gasteiger partial charge on any atom is -0.508 e. The second-order valence-corrected chi connectivity index (χ2v) is 4.04. The van der Waals surface area contributed by atoms with Crippen LogP contribution in [0.15, 0.2) is 29.3 Å². The Hall–Kier alpha value is -2.63. The molecule has 2 aromatic rings. The number of anilines is 1. The lowest BCUT2D eigenvalue weighted by Gasteiger charge is -2.23. The van der Waals surface area contributed by atoms with E-state index < -0.39 is 0 Å². The second kappa shape index (κ2) is 3.69. The van der Waals surface area contributed by atoms with Crippen molar-refractivity contribution in [2.45, 2.75) is 6.54 Å². The number of fused-ring (bicyclic) bond motifs is 1. The number of rotatable bonds is 1. The topological polar surface area (TPSA) is 92.1 Å². The largest absolute Gasteiger partial charge is 0.508 e. The van der Waals surface area contributed by atoms with Crippen LogP contribution in [0, 0.1) is 0 Å². The fourth-order valence-corrected chi connectivity index (χ4v) is 1.97. The molecule has 0 amide bonds. The second-order valence-electron chi connectivity index (χ2n) is 4.04. The maximum absolute atomic E-state index is 9.78. The molecule has 0 bridgehead atoms. The van der Waals surface area contributed by atoms with Crippen molar-refractivity contribution < 1.29 is 15.3 Å². The first kappa shape index (κ1) is 10.5. The van der Waals surface area contributed by atoms with Gasteiger partial charge in [0.2, 0.25) is 5.88 Å². The Morgan fingerprint density at radius 1 is 1.22 bits per heavy atom. The molecule has 0 spiro atoms. The van der Waals surface area contributed by atoms with Crippen LogP contribution in [0.5, 0.6) is 17.5 Å². The molecule has 0 aliphatic carbocycles. The molecular weight excluding hydrogens is 234 g/mol. The Balaban J connectivity index is 2.01. The summed E-state index contributed by atoms with van der Waals surface area (Å²) < 4.78 is 0. The summed E-state index contributed by atoms with van der Waals surface area (Å²) in [6, 6.07) is 6.51. The van der Waals surface area contributed by atoms with Crippen molar-refractivity contribution in [1.82, 2.24) is 4.98 Å². The van der Waals surface area contributed by atoms with Gasteiger partial charge in [0.15, 0.2) is 5.88 Å². The molecular formula is C12H11N3O3. The highest BCUT2D eigenvalue weighted by atomic mass is 16.3. The van der Waals surface area contributed by atoms with Gasteiger partial charge in [-0.1, -0.05) is 6.07 Å². The Morgan fingerprint density at radius 2 is 2.06 bits per heavy atom. The number of hydrogen-bond acceptors (Lipinski definition) is 5. The average molecular weight is 245 g/mol. The lowest BCUT2D eigenvalue weighted by atomic mass is 10.1. The van der Waals surface area contributed by atoms with Crippen molar-refractivity contribution in [1.29, 1.82) is 0 Å². The summed E-state index contributed by atoms with van der Waals surface area (Å²) in [7, 11) is 0.